The molecule has 2 aromatic heterocycles. The van der Waals surface area contributed by atoms with E-state index in [2.05, 4.69) is 36.3 Å². The van der Waals surface area contributed by atoms with E-state index in [1.807, 2.05) is 19.9 Å². The van der Waals surface area contributed by atoms with Gasteiger partial charge in [0.25, 0.3) is 5.95 Å². The predicted molar refractivity (Wildman–Crippen MR) is 83.7 cm³/mol. The lowest BCUT2D eigenvalue weighted by Gasteiger charge is -2.02. The first kappa shape index (κ1) is 14.6. The van der Waals surface area contributed by atoms with Gasteiger partial charge in [-0.05, 0) is 53.5 Å². The van der Waals surface area contributed by atoms with Crippen LogP contribution >= 0.6 is 15.9 Å². The minimum atomic E-state index is -0.315. The average Bonchev–Trinajstić information content (AvgIpc) is 3.06. The molecule has 22 heavy (non-hydrogen) atoms. The summed E-state index contributed by atoms with van der Waals surface area (Å²) >= 11 is 3.15. The Morgan fingerprint density at radius 1 is 1.27 bits per heavy atom. The largest absolute Gasteiger partial charge is 0.273 e. The van der Waals surface area contributed by atoms with Gasteiger partial charge in [0.1, 0.15) is 12.1 Å². The number of hydrogen-bond donors (Lipinski definition) is 0. The maximum Gasteiger partial charge on any atom is 0.273 e. The molecule has 0 saturated heterocycles. The molecular weight excluding hydrogens is 351 g/mol. The molecule has 112 valence electrons. The number of benzene rings is 1. The first-order chi connectivity index (χ1) is 10.5. The van der Waals surface area contributed by atoms with Crippen molar-refractivity contribution in [3.63, 3.8) is 0 Å². The minimum Gasteiger partial charge on any atom is -0.206 e. The molecular formula is C14H12BrFN6. The molecule has 0 spiro atoms. The van der Waals surface area contributed by atoms with Crippen LogP contribution in [0.4, 0.5) is 4.39 Å². The summed E-state index contributed by atoms with van der Waals surface area (Å²) in [5.74, 6) is 0.174. The summed E-state index contributed by atoms with van der Waals surface area (Å²) < 4.78 is 16.8. The number of halogens is 2. The summed E-state index contributed by atoms with van der Waals surface area (Å²) in [5.41, 5.74) is 2.58. The fourth-order valence-corrected chi connectivity index (χ4v) is 2.39. The molecule has 0 aliphatic rings. The summed E-state index contributed by atoms with van der Waals surface area (Å²) in [6.07, 6.45) is 3.09. The van der Waals surface area contributed by atoms with Gasteiger partial charge in [-0.15, -0.1) is 10.2 Å². The number of aromatic nitrogens is 5. The van der Waals surface area contributed by atoms with Crippen molar-refractivity contribution in [1.29, 1.82) is 0 Å². The summed E-state index contributed by atoms with van der Waals surface area (Å²) in [5, 5.41) is 16.5. The van der Waals surface area contributed by atoms with Gasteiger partial charge < -0.3 is 0 Å². The molecule has 0 bridgehead atoms. The standard InChI is InChI=1S/C14H12BrFN6/c1-9-5-10(2)22(20-9)14-19-17-8-21(14)18-7-11-3-4-13(16)12(15)6-11/h3-8H,1-2H3/b18-7+. The monoisotopic (exact) mass is 362 g/mol. The molecule has 0 N–H and O–H groups in total. The Labute approximate surface area is 134 Å². The van der Waals surface area contributed by atoms with Gasteiger partial charge in [-0.25, -0.2) is 9.07 Å². The van der Waals surface area contributed by atoms with E-state index in [1.165, 1.54) is 17.1 Å². The smallest absolute Gasteiger partial charge is 0.206 e. The second kappa shape index (κ2) is 5.80. The Morgan fingerprint density at radius 3 is 2.77 bits per heavy atom. The molecule has 0 amide bonds. The van der Waals surface area contributed by atoms with E-state index >= 15 is 0 Å². The van der Waals surface area contributed by atoms with Crippen molar-refractivity contribution < 1.29 is 4.39 Å². The van der Waals surface area contributed by atoms with E-state index in [0.29, 0.717) is 10.4 Å². The summed E-state index contributed by atoms with van der Waals surface area (Å²) in [4.78, 5) is 0. The average molecular weight is 363 g/mol. The molecule has 6 nitrogen and oxygen atoms in total. The van der Waals surface area contributed by atoms with Crippen LogP contribution < -0.4 is 0 Å². The molecule has 2 heterocycles. The third-order valence-corrected chi connectivity index (χ3v) is 3.59. The van der Waals surface area contributed by atoms with Crippen LogP contribution in [0.3, 0.4) is 0 Å². The van der Waals surface area contributed by atoms with Crippen LogP contribution in [0.25, 0.3) is 5.95 Å². The number of rotatable bonds is 3. The van der Waals surface area contributed by atoms with E-state index < -0.39 is 0 Å². The lowest BCUT2D eigenvalue weighted by atomic mass is 10.2. The predicted octanol–water partition coefficient (Wildman–Crippen LogP) is 2.86. The van der Waals surface area contributed by atoms with Gasteiger partial charge in [0.15, 0.2) is 0 Å². The van der Waals surface area contributed by atoms with E-state index in [0.717, 1.165) is 17.0 Å². The van der Waals surface area contributed by atoms with E-state index in [-0.39, 0.29) is 5.82 Å². The SMILES string of the molecule is Cc1cc(C)n(-c2nncn2/N=C/c2ccc(F)c(Br)c2)n1. The Kier molecular flexibility index (Phi) is 3.84. The molecule has 0 unspecified atom stereocenters. The van der Waals surface area contributed by atoms with Gasteiger partial charge in [-0.2, -0.15) is 14.9 Å². The van der Waals surface area contributed by atoms with Gasteiger partial charge in [-0.3, -0.25) is 0 Å². The highest BCUT2D eigenvalue weighted by Gasteiger charge is 2.10. The summed E-state index contributed by atoms with van der Waals surface area (Å²) in [7, 11) is 0. The van der Waals surface area contributed by atoms with Crippen molar-refractivity contribution in [2.45, 2.75) is 13.8 Å². The third-order valence-electron chi connectivity index (χ3n) is 2.99. The van der Waals surface area contributed by atoms with Crippen molar-refractivity contribution in [3.05, 3.63) is 57.8 Å². The van der Waals surface area contributed by atoms with E-state index in [4.69, 9.17) is 0 Å². The van der Waals surface area contributed by atoms with Crippen molar-refractivity contribution in [3.8, 4) is 5.95 Å². The van der Waals surface area contributed by atoms with Crippen LogP contribution in [0.15, 0.2) is 40.2 Å². The fraction of sp³-hybridized carbons (Fsp3) is 0.143. The maximum atomic E-state index is 13.2. The van der Waals surface area contributed by atoms with E-state index in [9.17, 15) is 4.39 Å². The second-order valence-electron chi connectivity index (χ2n) is 4.73. The Bertz CT molecular complexity index is 851. The molecule has 0 aliphatic carbocycles. The van der Waals surface area contributed by atoms with Crippen LogP contribution in [-0.4, -0.2) is 30.9 Å². The molecule has 0 aliphatic heterocycles. The fourth-order valence-electron chi connectivity index (χ4n) is 2.00. The zero-order valence-corrected chi connectivity index (χ0v) is 13.5. The highest BCUT2D eigenvalue weighted by atomic mass is 79.9. The lowest BCUT2D eigenvalue weighted by Crippen LogP contribution is -2.06. The van der Waals surface area contributed by atoms with E-state index in [1.54, 1.807) is 23.0 Å². The third kappa shape index (κ3) is 2.82. The Hall–Kier alpha value is -2.35. The molecule has 1 aromatic carbocycles. The van der Waals surface area contributed by atoms with Crippen molar-refractivity contribution in [2.75, 3.05) is 0 Å². The Balaban J connectivity index is 1.94. The van der Waals surface area contributed by atoms with Crippen LogP contribution in [0.1, 0.15) is 17.0 Å². The van der Waals surface area contributed by atoms with Crippen molar-refractivity contribution in [1.82, 2.24) is 24.7 Å². The van der Waals surface area contributed by atoms with Crippen molar-refractivity contribution >= 4 is 22.1 Å². The van der Waals surface area contributed by atoms with Gasteiger partial charge in [-0.1, -0.05) is 6.07 Å². The zero-order valence-electron chi connectivity index (χ0n) is 11.9. The molecule has 3 aromatic rings. The van der Waals surface area contributed by atoms with Gasteiger partial charge in [0, 0.05) is 5.69 Å². The summed E-state index contributed by atoms with van der Waals surface area (Å²) in [6, 6.07) is 6.60. The lowest BCUT2D eigenvalue weighted by molar-refractivity contribution is 0.621. The second-order valence-corrected chi connectivity index (χ2v) is 5.59. The van der Waals surface area contributed by atoms with Gasteiger partial charge in [0.05, 0.1) is 16.4 Å². The Morgan fingerprint density at radius 2 is 2.09 bits per heavy atom. The highest BCUT2D eigenvalue weighted by molar-refractivity contribution is 9.10. The molecule has 0 radical (unpaired) electrons. The van der Waals surface area contributed by atoms with Crippen LogP contribution in [-0.2, 0) is 0 Å². The molecule has 0 atom stereocenters. The number of nitrogens with zero attached hydrogens (tertiary/aromatic N) is 6. The quantitative estimate of drug-likeness (QED) is 0.673. The molecule has 0 saturated carbocycles. The van der Waals surface area contributed by atoms with Gasteiger partial charge >= 0.3 is 0 Å². The van der Waals surface area contributed by atoms with Crippen LogP contribution in [0.2, 0.25) is 0 Å². The highest BCUT2D eigenvalue weighted by Crippen LogP contribution is 2.16. The summed E-state index contributed by atoms with van der Waals surface area (Å²) in [6.45, 7) is 3.84. The topological polar surface area (TPSA) is 60.9 Å². The molecule has 8 heteroatoms. The van der Waals surface area contributed by atoms with Crippen molar-refractivity contribution in [2.24, 2.45) is 5.10 Å². The first-order valence-electron chi connectivity index (χ1n) is 6.47. The zero-order chi connectivity index (χ0) is 15.7. The van der Waals surface area contributed by atoms with Gasteiger partial charge in [0.2, 0.25) is 0 Å². The molecule has 3 rings (SSSR count). The molecule has 0 fully saturated rings. The first-order valence-corrected chi connectivity index (χ1v) is 7.27. The number of aryl methyl sites for hydroxylation is 2. The minimum absolute atomic E-state index is 0.315. The maximum absolute atomic E-state index is 13.2. The van der Waals surface area contributed by atoms with Crippen LogP contribution in [0, 0.1) is 19.7 Å². The normalized spacial score (nSPS) is 11.5. The number of hydrogen-bond acceptors (Lipinski definition) is 4. The van der Waals surface area contributed by atoms with Crippen LogP contribution in [0.5, 0.6) is 0 Å².